The third-order valence-corrected chi connectivity index (χ3v) is 3.65. The van der Waals surface area contributed by atoms with Crippen LogP contribution >= 0.6 is 0 Å². The number of morpholine rings is 1. The number of nitrogens with one attached hydrogen (secondary N) is 1. The van der Waals surface area contributed by atoms with Crippen LogP contribution in [0.15, 0.2) is 6.33 Å². The summed E-state index contributed by atoms with van der Waals surface area (Å²) in [6.45, 7) is 6.11. The topological polar surface area (TPSA) is 55.2 Å². The van der Waals surface area contributed by atoms with E-state index in [-0.39, 0.29) is 12.1 Å². The van der Waals surface area contributed by atoms with Gasteiger partial charge >= 0.3 is 0 Å². The Morgan fingerprint density at radius 1 is 1.61 bits per heavy atom. The van der Waals surface area contributed by atoms with E-state index in [0.29, 0.717) is 0 Å². The van der Waals surface area contributed by atoms with Crippen LogP contribution in [0.5, 0.6) is 0 Å². The van der Waals surface area contributed by atoms with E-state index in [9.17, 15) is 0 Å². The number of likely N-dealkylation sites (N-methyl/N-ethyl adjacent to an activating group) is 2. The summed E-state index contributed by atoms with van der Waals surface area (Å²) >= 11 is 0. The molecule has 1 fully saturated rings. The van der Waals surface area contributed by atoms with E-state index in [0.717, 1.165) is 38.5 Å². The van der Waals surface area contributed by atoms with Crippen LogP contribution in [0.4, 0.5) is 0 Å². The van der Waals surface area contributed by atoms with Gasteiger partial charge in [0.15, 0.2) is 0 Å². The number of ether oxygens (including phenoxy) is 1. The lowest BCUT2D eigenvalue weighted by atomic mass is 10.1. The van der Waals surface area contributed by atoms with Gasteiger partial charge in [-0.2, -0.15) is 5.10 Å². The first-order valence-electron chi connectivity index (χ1n) is 6.58. The van der Waals surface area contributed by atoms with Gasteiger partial charge in [0.25, 0.3) is 0 Å². The summed E-state index contributed by atoms with van der Waals surface area (Å²) in [6.07, 6.45) is 2.66. The van der Waals surface area contributed by atoms with E-state index in [1.54, 1.807) is 6.33 Å². The van der Waals surface area contributed by atoms with E-state index in [1.165, 1.54) is 0 Å². The molecule has 6 heteroatoms. The molecule has 1 N–H and O–H groups in total. The molecule has 2 atom stereocenters. The van der Waals surface area contributed by atoms with Gasteiger partial charge in [0.2, 0.25) is 0 Å². The molecular weight excluding hydrogens is 230 g/mol. The van der Waals surface area contributed by atoms with Crippen LogP contribution in [0, 0.1) is 0 Å². The molecule has 1 aromatic rings. The Morgan fingerprint density at radius 3 is 3.06 bits per heavy atom. The first-order valence-corrected chi connectivity index (χ1v) is 6.58. The highest BCUT2D eigenvalue weighted by Gasteiger charge is 2.27. The highest BCUT2D eigenvalue weighted by atomic mass is 16.5. The summed E-state index contributed by atoms with van der Waals surface area (Å²) in [5, 5.41) is 7.46. The van der Waals surface area contributed by atoms with Gasteiger partial charge in [0, 0.05) is 32.6 Å². The van der Waals surface area contributed by atoms with E-state index in [4.69, 9.17) is 4.74 Å². The first kappa shape index (κ1) is 13.5. The fraction of sp³-hybridized carbons (Fsp3) is 0.833. The van der Waals surface area contributed by atoms with Crippen molar-refractivity contribution in [2.75, 3.05) is 33.3 Å². The van der Waals surface area contributed by atoms with E-state index in [1.807, 2.05) is 18.8 Å². The fourth-order valence-corrected chi connectivity index (χ4v) is 2.38. The molecule has 0 radical (unpaired) electrons. The quantitative estimate of drug-likeness (QED) is 0.778. The number of aryl methyl sites for hydroxylation is 1. The maximum atomic E-state index is 5.89. The summed E-state index contributed by atoms with van der Waals surface area (Å²) < 4.78 is 7.71. The molecule has 6 nitrogen and oxygen atoms in total. The highest BCUT2D eigenvalue weighted by molar-refractivity contribution is 4.93. The van der Waals surface area contributed by atoms with Crippen LogP contribution in [-0.4, -0.2) is 65.1 Å². The van der Waals surface area contributed by atoms with Crippen LogP contribution in [0.1, 0.15) is 12.7 Å². The minimum Gasteiger partial charge on any atom is -0.374 e. The SMILES string of the molecule is CCN1CCOC(C(Cc2ncnn2C)NC)C1. The van der Waals surface area contributed by atoms with Crippen molar-refractivity contribution >= 4 is 0 Å². The standard InChI is InChI=1S/C12H23N5O/c1-4-17-5-6-18-11(8-17)10(13-2)7-12-14-9-15-16(12)3/h9-11,13H,4-8H2,1-3H3. The van der Waals surface area contributed by atoms with Crippen LogP contribution < -0.4 is 5.32 Å². The minimum atomic E-state index is 0.223. The number of hydrogen-bond acceptors (Lipinski definition) is 5. The van der Waals surface area contributed by atoms with Crippen molar-refractivity contribution in [1.29, 1.82) is 0 Å². The zero-order valence-corrected chi connectivity index (χ0v) is 11.5. The summed E-state index contributed by atoms with van der Waals surface area (Å²) in [4.78, 5) is 6.71. The zero-order chi connectivity index (χ0) is 13.0. The van der Waals surface area contributed by atoms with Crippen molar-refractivity contribution in [2.45, 2.75) is 25.5 Å². The lowest BCUT2D eigenvalue weighted by Gasteiger charge is -2.36. The normalized spacial score (nSPS) is 23.2. The molecule has 1 aliphatic heterocycles. The van der Waals surface area contributed by atoms with Crippen molar-refractivity contribution in [3.05, 3.63) is 12.2 Å². The molecule has 0 amide bonds. The number of rotatable bonds is 5. The molecule has 102 valence electrons. The lowest BCUT2D eigenvalue weighted by Crippen LogP contribution is -2.52. The average Bonchev–Trinajstić information content (AvgIpc) is 2.81. The van der Waals surface area contributed by atoms with Gasteiger partial charge in [-0.25, -0.2) is 4.98 Å². The Kier molecular flexibility index (Phi) is 4.68. The second-order valence-electron chi connectivity index (χ2n) is 4.70. The number of aromatic nitrogens is 3. The smallest absolute Gasteiger partial charge is 0.138 e. The summed E-state index contributed by atoms with van der Waals surface area (Å²) in [5.41, 5.74) is 0. The summed E-state index contributed by atoms with van der Waals surface area (Å²) in [6, 6.07) is 0.280. The van der Waals surface area contributed by atoms with E-state index < -0.39 is 0 Å². The molecular formula is C12H23N5O. The highest BCUT2D eigenvalue weighted by Crippen LogP contribution is 2.12. The van der Waals surface area contributed by atoms with Crippen LogP contribution in [0.25, 0.3) is 0 Å². The monoisotopic (exact) mass is 253 g/mol. The molecule has 18 heavy (non-hydrogen) atoms. The Hall–Kier alpha value is -0.980. The second-order valence-corrected chi connectivity index (χ2v) is 4.70. The van der Waals surface area contributed by atoms with Gasteiger partial charge in [-0.05, 0) is 13.6 Å². The molecule has 1 saturated heterocycles. The van der Waals surface area contributed by atoms with Gasteiger partial charge in [-0.15, -0.1) is 0 Å². The van der Waals surface area contributed by atoms with Gasteiger partial charge in [0.05, 0.1) is 12.7 Å². The maximum Gasteiger partial charge on any atom is 0.138 e. The van der Waals surface area contributed by atoms with Crippen LogP contribution in [-0.2, 0) is 18.2 Å². The third kappa shape index (κ3) is 3.07. The molecule has 1 aliphatic rings. The van der Waals surface area contributed by atoms with Gasteiger partial charge < -0.3 is 10.1 Å². The predicted molar refractivity (Wildman–Crippen MR) is 69.4 cm³/mol. The predicted octanol–water partition coefficient (Wildman–Crippen LogP) is -0.334. The van der Waals surface area contributed by atoms with Crippen molar-refractivity contribution in [3.63, 3.8) is 0 Å². The Bertz CT molecular complexity index is 367. The average molecular weight is 253 g/mol. The molecule has 0 aromatic carbocycles. The van der Waals surface area contributed by atoms with Gasteiger partial charge in [0.1, 0.15) is 12.2 Å². The maximum absolute atomic E-state index is 5.89. The van der Waals surface area contributed by atoms with E-state index in [2.05, 4.69) is 27.2 Å². The minimum absolute atomic E-state index is 0.223. The first-order chi connectivity index (χ1) is 8.74. The van der Waals surface area contributed by atoms with Crippen molar-refractivity contribution < 1.29 is 4.74 Å². The molecule has 0 bridgehead atoms. The molecule has 0 aliphatic carbocycles. The van der Waals surface area contributed by atoms with Crippen LogP contribution in [0.3, 0.4) is 0 Å². The molecule has 2 heterocycles. The van der Waals surface area contributed by atoms with Crippen molar-refractivity contribution in [2.24, 2.45) is 7.05 Å². The molecule has 2 unspecified atom stereocenters. The lowest BCUT2D eigenvalue weighted by molar-refractivity contribution is -0.0439. The molecule has 0 spiro atoms. The zero-order valence-electron chi connectivity index (χ0n) is 11.5. The summed E-state index contributed by atoms with van der Waals surface area (Å²) in [7, 11) is 3.91. The fourth-order valence-electron chi connectivity index (χ4n) is 2.38. The van der Waals surface area contributed by atoms with Crippen LogP contribution in [0.2, 0.25) is 0 Å². The van der Waals surface area contributed by atoms with E-state index >= 15 is 0 Å². The number of hydrogen-bond donors (Lipinski definition) is 1. The number of nitrogens with zero attached hydrogens (tertiary/aromatic N) is 4. The molecule has 1 aromatic heterocycles. The second kappa shape index (κ2) is 6.26. The third-order valence-electron chi connectivity index (χ3n) is 3.65. The molecule has 2 rings (SSSR count). The van der Waals surface area contributed by atoms with Crippen molar-refractivity contribution in [3.8, 4) is 0 Å². The summed E-state index contributed by atoms with van der Waals surface area (Å²) in [5.74, 6) is 0.992. The van der Waals surface area contributed by atoms with Gasteiger partial charge in [-0.3, -0.25) is 9.58 Å². The Morgan fingerprint density at radius 2 is 2.44 bits per heavy atom. The Balaban J connectivity index is 1.97. The molecule has 0 saturated carbocycles. The van der Waals surface area contributed by atoms with Gasteiger partial charge in [-0.1, -0.05) is 6.92 Å². The van der Waals surface area contributed by atoms with Crippen molar-refractivity contribution in [1.82, 2.24) is 25.0 Å². The Labute approximate surface area is 108 Å². The largest absolute Gasteiger partial charge is 0.374 e.